The van der Waals surface area contributed by atoms with Gasteiger partial charge in [-0.1, -0.05) is 0 Å². The van der Waals surface area contributed by atoms with Gasteiger partial charge in [-0.15, -0.1) is 0 Å². The zero-order chi connectivity index (χ0) is 20.5. The molecular formula is C17H14F3N3O4S. The zero-order valence-electron chi connectivity index (χ0n) is 14.2. The molecule has 0 atom stereocenters. The number of anilines is 2. The predicted octanol–water partition coefficient (Wildman–Crippen LogP) is 1.91. The third-order valence-electron chi connectivity index (χ3n) is 4.01. The Morgan fingerprint density at radius 3 is 2.57 bits per heavy atom. The highest BCUT2D eigenvalue weighted by Crippen LogP contribution is 2.25. The summed E-state index contributed by atoms with van der Waals surface area (Å²) in [5.41, 5.74) is 0.533. The van der Waals surface area contributed by atoms with Crippen molar-refractivity contribution >= 4 is 33.2 Å². The lowest BCUT2D eigenvalue weighted by Gasteiger charge is -2.17. The maximum Gasteiger partial charge on any atom is 0.241 e. The average molecular weight is 413 g/mol. The number of hydrogen-bond donors (Lipinski definition) is 3. The standard InChI is InChI=1S/C17H14F3N3O4S/c18-11-3-5-13(17(20)16(11)19)23-15(25)8-21-28(26,27)10-2-4-12-9(7-10)1-6-14(24)22-12/h2-5,7,21H,1,6,8H2,(H,22,24)(H,23,25). The molecule has 2 amide bonds. The van der Waals surface area contributed by atoms with Crippen LogP contribution in [0.5, 0.6) is 0 Å². The van der Waals surface area contributed by atoms with Crippen LogP contribution in [0.1, 0.15) is 12.0 Å². The van der Waals surface area contributed by atoms with E-state index in [9.17, 15) is 31.2 Å². The minimum atomic E-state index is -4.07. The number of sulfonamides is 1. The van der Waals surface area contributed by atoms with E-state index in [0.29, 0.717) is 23.7 Å². The first-order valence-corrected chi connectivity index (χ1v) is 9.51. The SMILES string of the molecule is O=C1CCc2cc(S(=O)(=O)NCC(=O)Nc3ccc(F)c(F)c3F)ccc2N1. The van der Waals surface area contributed by atoms with Gasteiger partial charge in [0.2, 0.25) is 21.8 Å². The quantitative estimate of drug-likeness (QED) is 0.652. The van der Waals surface area contributed by atoms with Gasteiger partial charge in [0.25, 0.3) is 0 Å². The number of carbonyl (C=O) groups is 2. The molecule has 2 aromatic carbocycles. The largest absolute Gasteiger partial charge is 0.326 e. The van der Waals surface area contributed by atoms with Gasteiger partial charge in [0.05, 0.1) is 17.1 Å². The van der Waals surface area contributed by atoms with Crippen LogP contribution in [0.3, 0.4) is 0 Å². The van der Waals surface area contributed by atoms with E-state index in [1.54, 1.807) is 0 Å². The normalized spacial score (nSPS) is 13.6. The number of nitrogens with one attached hydrogen (secondary N) is 3. The second-order valence-electron chi connectivity index (χ2n) is 5.96. The van der Waals surface area contributed by atoms with Crippen LogP contribution < -0.4 is 15.4 Å². The van der Waals surface area contributed by atoms with Gasteiger partial charge in [-0.25, -0.2) is 26.3 Å². The third kappa shape index (κ3) is 4.15. The number of rotatable bonds is 5. The summed E-state index contributed by atoms with van der Waals surface area (Å²) < 4.78 is 66.3. The van der Waals surface area contributed by atoms with E-state index in [4.69, 9.17) is 0 Å². The maximum absolute atomic E-state index is 13.6. The fourth-order valence-electron chi connectivity index (χ4n) is 2.59. The summed E-state index contributed by atoms with van der Waals surface area (Å²) in [6.45, 7) is -0.755. The lowest BCUT2D eigenvalue weighted by molar-refractivity contribution is -0.116. The predicted molar refractivity (Wildman–Crippen MR) is 93.5 cm³/mol. The molecule has 3 rings (SSSR count). The zero-order valence-corrected chi connectivity index (χ0v) is 15.0. The molecule has 28 heavy (non-hydrogen) atoms. The minimum Gasteiger partial charge on any atom is -0.326 e. The maximum atomic E-state index is 13.6. The van der Waals surface area contributed by atoms with Gasteiger partial charge in [-0.3, -0.25) is 9.59 Å². The van der Waals surface area contributed by atoms with E-state index in [1.165, 1.54) is 18.2 Å². The summed E-state index contributed by atoms with van der Waals surface area (Å²) in [5.74, 6) is -5.90. The molecule has 0 unspecified atom stereocenters. The van der Waals surface area contributed by atoms with Crippen LogP contribution in [0, 0.1) is 17.5 Å². The van der Waals surface area contributed by atoms with E-state index in [0.717, 1.165) is 6.07 Å². The second-order valence-corrected chi connectivity index (χ2v) is 7.73. The van der Waals surface area contributed by atoms with Crippen LogP contribution >= 0.6 is 0 Å². The summed E-state index contributed by atoms with van der Waals surface area (Å²) in [5, 5.41) is 4.58. The van der Waals surface area contributed by atoms with Crippen LogP contribution in [0.25, 0.3) is 0 Å². The molecule has 1 aliphatic heterocycles. The van der Waals surface area contributed by atoms with Crippen LogP contribution in [-0.2, 0) is 26.0 Å². The highest BCUT2D eigenvalue weighted by atomic mass is 32.2. The van der Waals surface area contributed by atoms with Gasteiger partial charge < -0.3 is 10.6 Å². The Kier molecular flexibility index (Phi) is 5.38. The van der Waals surface area contributed by atoms with Crippen LogP contribution in [0.4, 0.5) is 24.5 Å². The van der Waals surface area contributed by atoms with Gasteiger partial charge in [0.1, 0.15) is 0 Å². The molecule has 3 N–H and O–H groups in total. The lowest BCUT2D eigenvalue weighted by atomic mass is 10.0. The van der Waals surface area contributed by atoms with Crippen molar-refractivity contribution in [3.05, 3.63) is 53.3 Å². The van der Waals surface area contributed by atoms with E-state index in [-0.39, 0.29) is 17.2 Å². The van der Waals surface area contributed by atoms with Crippen molar-refractivity contribution in [3.63, 3.8) is 0 Å². The van der Waals surface area contributed by atoms with Crippen LogP contribution in [0.15, 0.2) is 35.2 Å². The number of fused-ring (bicyclic) bond motifs is 1. The molecule has 7 nitrogen and oxygen atoms in total. The average Bonchev–Trinajstić information content (AvgIpc) is 2.66. The van der Waals surface area contributed by atoms with Crippen LogP contribution in [0.2, 0.25) is 0 Å². The molecule has 0 spiro atoms. The van der Waals surface area contributed by atoms with E-state index in [2.05, 4.69) is 5.32 Å². The molecule has 0 saturated heterocycles. The Morgan fingerprint density at radius 1 is 1.07 bits per heavy atom. The van der Waals surface area contributed by atoms with Gasteiger partial charge in [0, 0.05) is 12.1 Å². The van der Waals surface area contributed by atoms with Gasteiger partial charge in [0.15, 0.2) is 17.5 Å². The number of aryl methyl sites for hydroxylation is 1. The fraction of sp³-hybridized carbons (Fsp3) is 0.176. The summed E-state index contributed by atoms with van der Waals surface area (Å²) in [7, 11) is -4.07. The molecule has 0 aliphatic carbocycles. The van der Waals surface area contributed by atoms with E-state index in [1.807, 2.05) is 10.0 Å². The molecule has 0 radical (unpaired) electrons. The topological polar surface area (TPSA) is 104 Å². The Bertz CT molecular complexity index is 1070. The van der Waals surface area contributed by atoms with Gasteiger partial charge >= 0.3 is 0 Å². The highest BCUT2D eigenvalue weighted by molar-refractivity contribution is 7.89. The molecule has 0 aromatic heterocycles. The van der Waals surface area contributed by atoms with Crippen molar-refractivity contribution in [2.45, 2.75) is 17.7 Å². The number of hydrogen-bond acceptors (Lipinski definition) is 4. The Labute approximate surface area is 158 Å². The highest BCUT2D eigenvalue weighted by Gasteiger charge is 2.21. The van der Waals surface area contributed by atoms with Crippen molar-refractivity contribution in [1.29, 1.82) is 0 Å². The Hall–Kier alpha value is -2.92. The molecule has 0 fully saturated rings. The fourth-order valence-corrected chi connectivity index (χ4v) is 3.62. The van der Waals surface area contributed by atoms with Gasteiger partial charge in [-0.2, -0.15) is 0 Å². The summed E-state index contributed by atoms with van der Waals surface area (Å²) >= 11 is 0. The Balaban J connectivity index is 1.67. The second kappa shape index (κ2) is 7.60. The first kappa shape index (κ1) is 19.8. The molecule has 0 saturated carbocycles. The van der Waals surface area contributed by atoms with Crippen molar-refractivity contribution in [3.8, 4) is 0 Å². The summed E-state index contributed by atoms with van der Waals surface area (Å²) in [6.07, 6.45) is 0.604. The number of amides is 2. The van der Waals surface area contributed by atoms with E-state index >= 15 is 0 Å². The Morgan fingerprint density at radius 2 is 1.82 bits per heavy atom. The molecular weight excluding hydrogens is 399 g/mol. The summed E-state index contributed by atoms with van der Waals surface area (Å²) in [6, 6.07) is 5.53. The lowest BCUT2D eigenvalue weighted by Crippen LogP contribution is -2.33. The van der Waals surface area contributed by atoms with Crippen molar-refractivity contribution in [1.82, 2.24) is 4.72 Å². The molecule has 0 bridgehead atoms. The molecule has 148 valence electrons. The monoisotopic (exact) mass is 413 g/mol. The molecule has 11 heteroatoms. The first-order chi connectivity index (χ1) is 13.2. The third-order valence-corrected chi connectivity index (χ3v) is 5.41. The van der Waals surface area contributed by atoms with Gasteiger partial charge in [-0.05, 0) is 42.3 Å². The summed E-state index contributed by atoms with van der Waals surface area (Å²) in [4.78, 5) is 23.1. The van der Waals surface area contributed by atoms with Crippen molar-refractivity contribution in [2.24, 2.45) is 0 Å². The van der Waals surface area contributed by atoms with E-state index < -0.39 is 45.6 Å². The van der Waals surface area contributed by atoms with Crippen LogP contribution in [-0.4, -0.2) is 26.8 Å². The molecule has 2 aromatic rings. The number of halogens is 3. The molecule has 1 heterocycles. The van der Waals surface area contributed by atoms with Crippen molar-refractivity contribution in [2.75, 3.05) is 17.2 Å². The smallest absolute Gasteiger partial charge is 0.241 e. The number of benzene rings is 2. The van der Waals surface area contributed by atoms with Crippen molar-refractivity contribution < 1.29 is 31.2 Å². The molecule has 1 aliphatic rings. The number of carbonyl (C=O) groups excluding carboxylic acids is 2. The minimum absolute atomic E-state index is 0.116. The first-order valence-electron chi connectivity index (χ1n) is 8.03.